The van der Waals surface area contributed by atoms with E-state index < -0.39 is 15.0 Å². The monoisotopic (exact) mass is 678 g/mol. The molecule has 0 saturated carbocycles. The van der Waals surface area contributed by atoms with E-state index in [0.717, 1.165) is 23.4 Å². The SMILES string of the molecule is COc1ccccc1Nc1cc2c(cc1S(=O)(=O)[O-])nc1c3cccc(SOOO)c3c(Nc3ccccc3)cc1[n+]2-c1ccccc1. The lowest BCUT2D eigenvalue weighted by Crippen LogP contribution is -2.33. The first-order chi connectivity index (χ1) is 23.4. The van der Waals surface area contributed by atoms with Crippen molar-refractivity contribution in [3.05, 3.63) is 121 Å². The molecule has 11 nitrogen and oxygen atoms in total. The molecule has 0 amide bonds. The molecular formula is C35H26N4O7S2. The quantitative estimate of drug-likeness (QED) is 0.0249. The van der Waals surface area contributed by atoms with Crippen LogP contribution in [0.15, 0.2) is 131 Å². The van der Waals surface area contributed by atoms with Crippen molar-refractivity contribution >= 4 is 77.7 Å². The summed E-state index contributed by atoms with van der Waals surface area (Å²) in [6.45, 7) is 0. The fourth-order valence-electron chi connectivity index (χ4n) is 5.74. The Morgan fingerprint density at radius 1 is 0.792 bits per heavy atom. The highest BCUT2D eigenvalue weighted by atomic mass is 32.2. The highest BCUT2D eigenvalue weighted by Gasteiger charge is 2.26. The van der Waals surface area contributed by atoms with Gasteiger partial charge >= 0.3 is 0 Å². The van der Waals surface area contributed by atoms with Crippen LogP contribution in [0.5, 0.6) is 5.75 Å². The Morgan fingerprint density at radius 3 is 2.23 bits per heavy atom. The number of anilines is 4. The van der Waals surface area contributed by atoms with Gasteiger partial charge in [-0.05, 0) is 36.4 Å². The summed E-state index contributed by atoms with van der Waals surface area (Å²) >= 11 is 0.813. The molecule has 1 aromatic heterocycles. The van der Waals surface area contributed by atoms with Crippen molar-refractivity contribution in [2.45, 2.75) is 9.79 Å². The van der Waals surface area contributed by atoms with Gasteiger partial charge in [-0.3, -0.25) is 0 Å². The molecule has 0 unspecified atom stereocenters. The smallest absolute Gasteiger partial charge is 0.240 e. The predicted octanol–water partition coefficient (Wildman–Crippen LogP) is 7.65. The molecule has 0 aliphatic rings. The number of ether oxygens (including phenoxy) is 1. The molecule has 1 heterocycles. The Kier molecular flexibility index (Phi) is 8.54. The minimum Gasteiger partial charge on any atom is -0.744 e. The van der Waals surface area contributed by atoms with Crippen LogP contribution in [0.3, 0.4) is 0 Å². The van der Waals surface area contributed by atoms with Crippen LogP contribution in [0.1, 0.15) is 0 Å². The fourth-order valence-corrected chi connectivity index (χ4v) is 6.91. The van der Waals surface area contributed by atoms with E-state index in [9.17, 15) is 13.0 Å². The second kappa shape index (κ2) is 13.1. The van der Waals surface area contributed by atoms with E-state index in [1.54, 1.807) is 36.4 Å². The summed E-state index contributed by atoms with van der Waals surface area (Å²) < 4.78 is 50.4. The maximum atomic E-state index is 12.7. The molecule has 0 bridgehead atoms. The van der Waals surface area contributed by atoms with Gasteiger partial charge in [0.2, 0.25) is 16.7 Å². The van der Waals surface area contributed by atoms with Gasteiger partial charge in [0.1, 0.15) is 26.9 Å². The fraction of sp³-hybridized carbons (Fsp3) is 0.0286. The second-order valence-corrected chi connectivity index (χ2v) is 12.7. The maximum Gasteiger partial charge on any atom is 0.240 e. The van der Waals surface area contributed by atoms with Gasteiger partial charge in [0, 0.05) is 45.6 Å². The molecule has 3 N–H and O–H groups in total. The van der Waals surface area contributed by atoms with Crippen molar-refractivity contribution in [3.8, 4) is 11.4 Å². The van der Waals surface area contributed by atoms with Crippen molar-refractivity contribution < 1.29 is 36.9 Å². The summed E-state index contributed by atoms with van der Waals surface area (Å²) in [6, 6.07) is 36.5. The van der Waals surface area contributed by atoms with Gasteiger partial charge in [-0.2, -0.15) is 0 Å². The van der Waals surface area contributed by atoms with Gasteiger partial charge in [0.15, 0.2) is 0 Å². The minimum absolute atomic E-state index is 0.0658. The zero-order valence-electron chi connectivity index (χ0n) is 25.2. The summed E-state index contributed by atoms with van der Waals surface area (Å²) in [7, 11) is -3.46. The van der Waals surface area contributed by atoms with Gasteiger partial charge in [-0.15, -0.1) is 8.90 Å². The van der Waals surface area contributed by atoms with Gasteiger partial charge in [-0.25, -0.2) is 18.7 Å². The number of aromatic nitrogens is 2. The Morgan fingerprint density at radius 2 is 1.50 bits per heavy atom. The van der Waals surface area contributed by atoms with Crippen molar-refractivity contribution in [1.82, 2.24) is 4.98 Å². The number of benzene rings is 6. The highest BCUT2D eigenvalue weighted by Crippen LogP contribution is 2.40. The lowest BCUT2D eigenvalue weighted by molar-refractivity contribution is -0.538. The molecule has 13 heteroatoms. The summed E-state index contributed by atoms with van der Waals surface area (Å²) in [5.41, 5.74) is 4.84. The Hall–Kier alpha value is -5.28. The second-order valence-electron chi connectivity index (χ2n) is 10.6. The standard InChI is InChI=1S/C35H26N4O7S2/c1-44-31-17-9-8-16-25(31)37-27-19-29-26(21-33(27)48(41,42)43)38-35-24-15-10-18-32(47-46-45-40)34(24)28(36-22-11-4-2-5-12-22)20-30(35)39(29)23-13-6-3-7-14-23/h2-21H,1H3,(H3,36,37,40,41,42,43). The van der Waals surface area contributed by atoms with Crippen molar-refractivity contribution in [1.29, 1.82) is 0 Å². The van der Waals surface area contributed by atoms with Crippen molar-refractivity contribution in [2.75, 3.05) is 17.7 Å². The summed E-state index contributed by atoms with van der Waals surface area (Å²) in [6.07, 6.45) is 0. The molecule has 0 atom stereocenters. The normalized spacial score (nSPS) is 11.6. The first-order valence-electron chi connectivity index (χ1n) is 14.5. The van der Waals surface area contributed by atoms with Crippen LogP contribution in [0, 0.1) is 0 Å². The van der Waals surface area contributed by atoms with Crippen molar-refractivity contribution in [3.63, 3.8) is 0 Å². The topological polar surface area (TPSA) is 146 Å². The Balaban J connectivity index is 1.60. The van der Waals surface area contributed by atoms with Crippen molar-refractivity contribution in [2.24, 2.45) is 0 Å². The van der Waals surface area contributed by atoms with Crippen LogP contribution in [0.4, 0.5) is 22.7 Å². The molecule has 0 aliphatic heterocycles. The number of hydrogen-bond donors (Lipinski definition) is 3. The zero-order chi connectivity index (χ0) is 33.3. The predicted molar refractivity (Wildman–Crippen MR) is 183 cm³/mol. The van der Waals surface area contributed by atoms with E-state index in [0.29, 0.717) is 49.3 Å². The Labute approximate surface area is 279 Å². The Bertz CT molecular complexity index is 2410. The van der Waals surface area contributed by atoms with E-state index in [1.165, 1.54) is 13.2 Å². The molecule has 48 heavy (non-hydrogen) atoms. The molecule has 0 aliphatic carbocycles. The van der Waals surface area contributed by atoms with Crippen LogP contribution < -0.4 is 19.9 Å². The molecule has 240 valence electrons. The third kappa shape index (κ3) is 5.97. The molecule has 7 aromatic rings. The minimum atomic E-state index is -4.97. The van der Waals surface area contributed by atoms with E-state index in [-0.39, 0.29) is 11.2 Å². The molecular weight excluding hydrogens is 653 g/mol. The average molecular weight is 679 g/mol. The van der Waals surface area contributed by atoms with Gasteiger partial charge in [0.05, 0.1) is 41.1 Å². The highest BCUT2D eigenvalue weighted by molar-refractivity contribution is 7.94. The molecule has 0 saturated heterocycles. The average Bonchev–Trinajstić information content (AvgIpc) is 3.10. The lowest BCUT2D eigenvalue weighted by Gasteiger charge is -2.18. The van der Waals surface area contributed by atoms with Crippen LogP contribution >= 0.6 is 12.0 Å². The van der Waals surface area contributed by atoms with Crippen LogP contribution in [0.25, 0.3) is 38.5 Å². The van der Waals surface area contributed by atoms with E-state index in [1.807, 2.05) is 83.4 Å². The summed E-state index contributed by atoms with van der Waals surface area (Å²) in [5, 5.41) is 20.9. The number of nitrogens with zero attached hydrogens (tertiary/aromatic N) is 2. The first-order valence-corrected chi connectivity index (χ1v) is 16.7. The molecule has 0 radical (unpaired) electrons. The lowest BCUT2D eigenvalue weighted by atomic mass is 10.0. The molecule has 0 spiro atoms. The van der Waals surface area contributed by atoms with Crippen LogP contribution in [0.2, 0.25) is 0 Å². The van der Waals surface area contributed by atoms with Crippen LogP contribution in [-0.4, -0.2) is 30.3 Å². The molecule has 6 aromatic carbocycles. The summed E-state index contributed by atoms with van der Waals surface area (Å²) in [4.78, 5) is 5.12. The molecule has 0 fully saturated rings. The van der Waals surface area contributed by atoms with Gasteiger partial charge in [0.25, 0.3) is 0 Å². The zero-order valence-corrected chi connectivity index (χ0v) is 26.8. The first kappa shape index (κ1) is 31.3. The van der Waals surface area contributed by atoms with Gasteiger partial charge in [-0.1, -0.05) is 65.7 Å². The van der Waals surface area contributed by atoms with E-state index >= 15 is 0 Å². The number of rotatable bonds is 10. The number of fused-ring (bicyclic) bond motifs is 4. The van der Waals surface area contributed by atoms with E-state index in [4.69, 9.17) is 19.3 Å². The largest absolute Gasteiger partial charge is 0.744 e. The number of hydrogen-bond acceptors (Lipinski definition) is 11. The molecule has 7 rings (SSSR count). The maximum absolute atomic E-state index is 12.7. The van der Waals surface area contributed by atoms with Crippen LogP contribution in [-0.2, 0) is 19.5 Å². The summed E-state index contributed by atoms with van der Waals surface area (Å²) in [5.74, 6) is 0.465. The third-order valence-corrected chi connectivity index (χ3v) is 9.26. The number of nitrogens with one attached hydrogen (secondary N) is 2. The third-order valence-electron chi connectivity index (χ3n) is 7.73. The van der Waals surface area contributed by atoms with E-state index in [2.05, 4.69) is 15.7 Å². The number of para-hydroxylation sites is 4. The van der Waals surface area contributed by atoms with Gasteiger partial charge < -0.3 is 19.9 Å². The number of methoxy groups -OCH3 is 1.